The lowest BCUT2D eigenvalue weighted by atomic mass is 10.1. The highest BCUT2D eigenvalue weighted by atomic mass is 79.9. The minimum atomic E-state index is -4.90. The van der Waals surface area contributed by atoms with Crippen LogP contribution < -0.4 is 5.32 Å². The lowest BCUT2D eigenvalue weighted by molar-refractivity contribution is -0.140. The van der Waals surface area contributed by atoms with E-state index in [-0.39, 0.29) is 5.56 Å². The van der Waals surface area contributed by atoms with Gasteiger partial charge in [-0.2, -0.15) is 18.3 Å². The van der Waals surface area contributed by atoms with Crippen molar-refractivity contribution in [2.45, 2.75) is 6.18 Å². The molecule has 0 bridgehead atoms. The van der Waals surface area contributed by atoms with E-state index in [2.05, 4.69) is 31.3 Å². The second-order valence-corrected chi connectivity index (χ2v) is 7.14. The first-order valence-electron chi connectivity index (χ1n) is 8.51. The predicted octanol–water partition coefficient (Wildman–Crippen LogP) is 5.57. The lowest BCUT2D eigenvalue weighted by Gasteiger charge is -2.11. The number of nitrogens with zero attached hydrogens (tertiary/aromatic N) is 3. The van der Waals surface area contributed by atoms with E-state index in [9.17, 15) is 22.4 Å². The van der Waals surface area contributed by atoms with Gasteiger partial charge >= 0.3 is 6.18 Å². The van der Waals surface area contributed by atoms with Gasteiger partial charge in [0.05, 0.1) is 21.9 Å². The number of carbonyl (C=O) groups excluding carboxylic acids is 1. The SMILES string of the molecule is O=C(Nc1cccc(-c2ccnc3c(Br)cnn23)c1)c1ccc(F)c(C(F)(F)F)c1. The molecule has 30 heavy (non-hydrogen) atoms. The smallest absolute Gasteiger partial charge is 0.322 e. The van der Waals surface area contributed by atoms with E-state index in [1.807, 2.05) is 0 Å². The molecular weight excluding hydrogens is 468 g/mol. The van der Waals surface area contributed by atoms with Gasteiger partial charge < -0.3 is 5.32 Å². The van der Waals surface area contributed by atoms with Gasteiger partial charge in [0.15, 0.2) is 5.65 Å². The molecule has 0 fully saturated rings. The number of aromatic nitrogens is 3. The van der Waals surface area contributed by atoms with Gasteiger partial charge in [0, 0.05) is 23.0 Å². The first-order chi connectivity index (χ1) is 14.2. The normalized spacial score (nSPS) is 11.6. The van der Waals surface area contributed by atoms with E-state index in [0.717, 1.165) is 6.07 Å². The van der Waals surface area contributed by atoms with Crippen LogP contribution in [-0.2, 0) is 6.18 Å². The van der Waals surface area contributed by atoms with Crippen LogP contribution in [0.15, 0.2) is 65.4 Å². The maximum atomic E-state index is 13.5. The van der Waals surface area contributed by atoms with Crippen LogP contribution in [0, 0.1) is 5.82 Å². The molecule has 2 aromatic heterocycles. The Bertz CT molecular complexity index is 1270. The fourth-order valence-corrected chi connectivity index (χ4v) is 3.29. The summed E-state index contributed by atoms with van der Waals surface area (Å²) in [5, 5.41) is 6.79. The number of fused-ring (bicyclic) bond motifs is 1. The first-order valence-corrected chi connectivity index (χ1v) is 9.30. The number of amides is 1. The average molecular weight is 479 g/mol. The maximum Gasteiger partial charge on any atom is 0.419 e. The molecule has 0 saturated heterocycles. The zero-order chi connectivity index (χ0) is 21.5. The van der Waals surface area contributed by atoms with E-state index in [1.165, 1.54) is 0 Å². The summed E-state index contributed by atoms with van der Waals surface area (Å²) < 4.78 is 54.5. The van der Waals surface area contributed by atoms with E-state index < -0.39 is 23.5 Å². The van der Waals surface area contributed by atoms with Gasteiger partial charge in [-0.3, -0.25) is 4.79 Å². The molecule has 2 aromatic carbocycles. The Morgan fingerprint density at radius 2 is 1.90 bits per heavy atom. The number of benzene rings is 2. The van der Waals surface area contributed by atoms with Gasteiger partial charge in [0.2, 0.25) is 0 Å². The Kier molecular flexibility index (Phi) is 5.02. The van der Waals surface area contributed by atoms with Crippen LogP contribution in [-0.4, -0.2) is 20.5 Å². The van der Waals surface area contributed by atoms with Crippen LogP contribution in [0.1, 0.15) is 15.9 Å². The molecule has 4 rings (SSSR count). The van der Waals surface area contributed by atoms with Crippen LogP contribution in [0.2, 0.25) is 0 Å². The molecule has 0 spiro atoms. The van der Waals surface area contributed by atoms with Crippen LogP contribution in [0.5, 0.6) is 0 Å². The highest BCUT2D eigenvalue weighted by molar-refractivity contribution is 9.10. The van der Waals surface area contributed by atoms with Crippen molar-refractivity contribution in [2.24, 2.45) is 0 Å². The summed E-state index contributed by atoms with van der Waals surface area (Å²) >= 11 is 3.36. The van der Waals surface area contributed by atoms with E-state index in [0.29, 0.717) is 39.2 Å². The summed E-state index contributed by atoms with van der Waals surface area (Å²) in [4.78, 5) is 16.7. The first kappa shape index (κ1) is 20.0. The molecule has 0 aliphatic rings. The van der Waals surface area contributed by atoms with E-state index in [1.54, 1.807) is 47.2 Å². The van der Waals surface area contributed by atoms with Crippen molar-refractivity contribution in [1.29, 1.82) is 0 Å². The second kappa shape index (κ2) is 7.52. The largest absolute Gasteiger partial charge is 0.419 e. The van der Waals surface area contributed by atoms with Crippen molar-refractivity contribution in [3.8, 4) is 11.3 Å². The third-order valence-corrected chi connectivity index (χ3v) is 4.87. The average Bonchev–Trinajstić information content (AvgIpc) is 3.09. The monoisotopic (exact) mass is 478 g/mol. The molecular formula is C20H11BrF4N4O. The zero-order valence-electron chi connectivity index (χ0n) is 14.9. The number of hydrogen-bond donors (Lipinski definition) is 1. The standard InChI is InChI=1S/C20H11BrF4N4O/c21-15-10-27-29-17(6-7-26-18(15)29)11-2-1-3-13(8-11)28-19(30)12-4-5-16(22)14(9-12)20(23,24)25/h1-10H,(H,28,30). The molecule has 2 heterocycles. The maximum absolute atomic E-state index is 13.5. The summed E-state index contributed by atoms with van der Waals surface area (Å²) in [7, 11) is 0. The van der Waals surface area contributed by atoms with Gasteiger partial charge in [0.25, 0.3) is 5.91 Å². The van der Waals surface area contributed by atoms with Gasteiger partial charge in [-0.15, -0.1) is 0 Å². The van der Waals surface area contributed by atoms with Gasteiger partial charge in [-0.25, -0.2) is 13.9 Å². The topological polar surface area (TPSA) is 59.3 Å². The number of rotatable bonds is 3. The van der Waals surface area contributed by atoms with E-state index in [4.69, 9.17) is 0 Å². The molecule has 10 heteroatoms. The minimum Gasteiger partial charge on any atom is -0.322 e. The summed E-state index contributed by atoms with van der Waals surface area (Å²) in [5.74, 6) is -2.23. The highest BCUT2D eigenvalue weighted by Gasteiger charge is 2.34. The Hall–Kier alpha value is -3.27. The molecule has 0 aliphatic heterocycles. The molecule has 0 unspecified atom stereocenters. The Morgan fingerprint density at radius 3 is 2.67 bits per heavy atom. The van der Waals surface area contributed by atoms with E-state index >= 15 is 0 Å². The van der Waals surface area contributed by atoms with Crippen LogP contribution in [0.25, 0.3) is 16.9 Å². The molecule has 1 amide bonds. The van der Waals surface area contributed by atoms with Crippen molar-refractivity contribution < 1.29 is 22.4 Å². The van der Waals surface area contributed by atoms with Crippen LogP contribution in [0.4, 0.5) is 23.2 Å². The summed E-state index contributed by atoms with van der Waals surface area (Å²) in [6.45, 7) is 0. The molecule has 152 valence electrons. The third kappa shape index (κ3) is 3.78. The number of anilines is 1. The molecule has 0 saturated carbocycles. The molecule has 0 radical (unpaired) electrons. The second-order valence-electron chi connectivity index (χ2n) is 6.29. The third-order valence-electron chi connectivity index (χ3n) is 4.31. The summed E-state index contributed by atoms with van der Waals surface area (Å²) in [6.07, 6.45) is -1.69. The highest BCUT2D eigenvalue weighted by Crippen LogP contribution is 2.32. The van der Waals surface area contributed by atoms with Crippen molar-refractivity contribution in [2.75, 3.05) is 5.32 Å². The number of hydrogen-bond acceptors (Lipinski definition) is 3. The lowest BCUT2D eigenvalue weighted by Crippen LogP contribution is -2.15. The zero-order valence-corrected chi connectivity index (χ0v) is 16.5. The molecule has 1 N–H and O–H groups in total. The minimum absolute atomic E-state index is 0.309. The number of carbonyl (C=O) groups is 1. The number of halogens is 5. The van der Waals surface area contributed by atoms with Crippen molar-refractivity contribution in [1.82, 2.24) is 14.6 Å². The predicted molar refractivity (Wildman–Crippen MR) is 105 cm³/mol. The van der Waals surface area contributed by atoms with Crippen LogP contribution >= 0.6 is 15.9 Å². The molecule has 0 atom stereocenters. The van der Waals surface area contributed by atoms with Gasteiger partial charge in [-0.05, 0) is 52.3 Å². The van der Waals surface area contributed by atoms with Gasteiger partial charge in [-0.1, -0.05) is 12.1 Å². The van der Waals surface area contributed by atoms with Crippen molar-refractivity contribution in [3.63, 3.8) is 0 Å². The fraction of sp³-hybridized carbons (Fsp3) is 0.0500. The fourth-order valence-electron chi connectivity index (χ4n) is 2.93. The number of alkyl halides is 3. The summed E-state index contributed by atoms with van der Waals surface area (Å²) in [5.41, 5.74) is 0.553. The van der Waals surface area contributed by atoms with Crippen molar-refractivity contribution >= 4 is 33.2 Å². The van der Waals surface area contributed by atoms with Crippen LogP contribution in [0.3, 0.4) is 0 Å². The molecule has 0 aliphatic carbocycles. The molecule has 4 aromatic rings. The molecule has 5 nitrogen and oxygen atoms in total. The van der Waals surface area contributed by atoms with Crippen molar-refractivity contribution in [3.05, 3.63) is 82.3 Å². The summed E-state index contributed by atoms with van der Waals surface area (Å²) in [6, 6.07) is 10.6. The quantitative estimate of drug-likeness (QED) is 0.391. The Labute approximate surface area is 175 Å². The Morgan fingerprint density at radius 1 is 1.10 bits per heavy atom. The number of nitrogens with one attached hydrogen (secondary N) is 1. The van der Waals surface area contributed by atoms with Gasteiger partial charge in [0.1, 0.15) is 5.82 Å². The Balaban J connectivity index is 1.65.